The molecule has 2 aromatic rings. The van der Waals surface area contributed by atoms with Crippen molar-refractivity contribution in [2.45, 2.75) is 0 Å². The molecule has 0 aliphatic carbocycles. The van der Waals surface area contributed by atoms with Gasteiger partial charge in [0.15, 0.2) is 0 Å². The number of carbonyl (C=O) groups is 1. The largest absolute Gasteiger partial charge is 0.495 e. The first kappa shape index (κ1) is 15.3. The monoisotopic (exact) mass is 354 g/mol. The van der Waals surface area contributed by atoms with Crippen LogP contribution in [0.2, 0.25) is 0 Å². The van der Waals surface area contributed by atoms with Crippen LogP contribution in [0.4, 0.5) is 4.39 Å². The Morgan fingerprint density at radius 2 is 1.57 bits per heavy atom. The van der Waals surface area contributed by atoms with Gasteiger partial charge >= 0.3 is 5.97 Å². The minimum Gasteiger partial charge on any atom is -0.495 e. The van der Waals surface area contributed by atoms with Crippen molar-refractivity contribution in [2.24, 2.45) is 0 Å². The molecule has 6 heteroatoms. The molecule has 0 N–H and O–H groups in total. The summed E-state index contributed by atoms with van der Waals surface area (Å²) in [5.74, 6) is 0.149. The first-order valence-electron chi connectivity index (χ1n) is 5.94. The average molecular weight is 355 g/mol. The maximum Gasteiger partial charge on any atom is 0.343 e. The lowest BCUT2D eigenvalue weighted by atomic mass is 10.2. The van der Waals surface area contributed by atoms with Gasteiger partial charge in [0, 0.05) is 0 Å². The van der Waals surface area contributed by atoms with E-state index < -0.39 is 11.8 Å². The Morgan fingerprint density at radius 3 is 2.05 bits per heavy atom. The Kier molecular flexibility index (Phi) is 4.80. The molecule has 110 valence electrons. The SMILES string of the molecule is COc1cc(C(=O)Oc2ccc(F)cc2)cc(OC)c1Br. The summed E-state index contributed by atoms with van der Waals surface area (Å²) < 4.78 is 28.9. The number of rotatable bonds is 4. The van der Waals surface area contributed by atoms with Crippen LogP contribution in [0.1, 0.15) is 10.4 Å². The molecule has 0 spiro atoms. The Balaban J connectivity index is 2.28. The summed E-state index contributed by atoms with van der Waals surface area (Å²) in [7, 11) is 2.96. The lowest BCUT2D eigenvalue weighted by Gasteiger charge is -2.11. The van der Waals surface area contributed by atoms with E-state index in [0.29, 0.717) is 16.0 Å². The molecule has 0 aromatic heterocycles. The Labute approximate surface area is 129 Å². The van der Waals surface area contributed by atoms with Gasteiger partial charge in [-0.3, -0.25) is 0 Å². The van der Waals surface area contributed by atoms with Gasteiger partial charge < -0.3 is 14.2 Å². The molecule has 0 aliphatic heterocycles. The summed E-state index contributed by atoms with van der Waals surface area (Å²) in [6, 6.07) is 8.23. The molecule has 0 unspecified atom stereocenters. The summed E-state index contributed by atoms with van der Waals surface area (Å²) in [4.78, 5) is 12.1. The van der Waals surface area contributed by atoms with Crippen LogP contribution in [-0.4, -0.2) is 20.2 Å². The normalized spacial score (nSPS) is 10.1. The highest BCUT2D eigenvalue weighted by atomic mass is 79.9. The molecule has 0 saturated heterocycles. The van der Waals surface area contributed by atoms with Gasteiger partial charge in [0.25, 0.3) is 0 Å². The molecule has 0 aliphatic rings. The highest BCUT2D eigenvalue weighted by molar-refractivity contribution is 9.10. The van der Waals surface area contributed by atoms with Gasteiger partial charge in [-0.25, -0.2) is 9.18 Å². The van der Waals surface area contributed by atoms with Crippen molar-refractivity contribution in [1.82, 2.24) is 0 Å². The zero-order valence-electron chi connectivity index (χ0n) is 11.4. The number of ether oxygens (including phenoxy) is 3. The zero-order chi connectivity index (χ0) is 15.4. The second-order valence-electron chi connectivity index (χ2n) is 4.04. The van der Waals surface area contributed by atoms with Crippen LogP contribution in [0.5, 0.6) is 17.2 Å². The Morgan fingerprint density at radius 1 is 1.05 bits per heavy atom. The van der Waals surface area contributed by atoms with E-state index in [1.807, 2.05) is 0 Å². The predicted octanol–water partition coefficient (Wildman–Crippen LogP) is 3.82. The van der Waals surface area contributed by atoms with E-state index in [2.05, 4.69) is 15.9 Å². The number of carbonyl (C=O) groups excluding carboxylic acids is 1. The summed E-state index contributed by atoms with van der Waals surface area (Å²) in [5.41, 5.74) is 0.260. The molecule has 2 rings (SSSR count). The smallest absolute Gasteiger partial charge is 0.343 e. The topological polar surface area (TPSA) is 44.8 Å². The van der Waals surface area contributed by atoms with Crippen molar-refractivity contribution < 1.29 is 23.4 Å². The molecule has 0 bridgehead atoms. The van der Waals surface area contributed by atoms with Crippen molar-refractivity contribution in [3.8, 4) is 17.2 Å². The van der Waals surface area contributed by atoms with Gasteiger partial charge in [-0.05, 0) is 52.3 Å². The van der Waals surface area contributed by atoms with E-state index in [1.54, 1.807) is 0 Å². The fourth-order valence-electron chi connectivity index (χ4n) is 1.66. The molecule has 2 aromatic carbocycles. The Bertz CT molecular complexity index is 630. The molecule has 0 radical (unpaired) electrons. The third-order valence-electron chi connectivity index (χ3n) is 2.71. The van der Waals surface area contributed by atoms with Crippen LogP contribution in [0.3, 0.4) is 0 Å². The molecule has 0 heterocycles. The molecule has 0 amide bonds. The summed E-state index contributed by atoms with van der Waals surface area (Å²) in [6.07, 6.45) is 0. The number of benzene rings is 2. The molecule has 0 atom stereocenters. The van der Waals surface area contributed by atoms with Gasteiger partial charge in [0.05, 0.1) is 19.8 Å². The highest BCUT2D eigenvalue weighted by Crippen LogP contribution is 2.35. The number of halogens is 2. The minimum absolute atomic E-state index is 0.252. The van der Waals surface area contributed by atoms with Crippen LogP contribution in [0.25, 0.3) is 0 Å². The fourth-order valence-corrected chi connectivity index (χ4v) is 2.21. The quantitative estimate of drug-likeness (QED) is 0.618. The predicted molar refractivity (Wildman–Crippen MR) is 78.6 cm³/mol. The summed E-state index contributed by atoms with van der Waals surface area (Å²) in [5, 5.41) is 0. The lowest BCUT2D eigenvalue weighted by Crippen LogP contribution is -2.09. The molecule has 21 heavy (non-hydrogen) atoms. The van der Waals surface area contributed by atoms with Crippen LogP contribution < -0.4 is 14.2 Å². The van der Waals surface area contributed by atoms with Crippen molar-refractivity contribution in [2.75, 3.05) is 14.2 Å². The third-order valence-corrected chi connectivity index (χ3v) is 3.49. The van der Waals surface area contributed by atoms with Crippen LogP contribution in [-0.2, 0) is 0 Å². The van der Waals surface area contributed by atoms with Gasteiger partial charge in [0.2, 0.25) is 0 Å². The maximum atomic E-state index is 12.8. The van der Waals surface area contributed by atoms with E-state index in [0.717, 1.165) is 0 Å². The first-order chi connectivity index (χ1) is 10.0. The van der Waals surface area contributed by atoms with Gasteiger partial charge in [0.1, 0.15) is 27.5 Å². The third kappa shape index (κ3) is 3.52. The van der Waals surface area contributed by atoms with E-state index >= 15 is 0 Å². The van der Waals surface area contributed by atoms with Gasteiger partial charge in [-0.1, -0.05) is 0 Å². The van der Waals surface area contributed by atoms with Gasteiger partial charge in [-0.15, -0.1) is 0 Å². The van der Waals surface area contributed by atoms with E-state index in [-0.39, 0.29) is 11.3 Å². The molecule has 4 nitrogen and oxygen atoms in total. The summed E-state index contributed by atoms with van der Waals surface area (Å²) in [6.45, 7) is 0. The fraction of sp³-hybridized carbons (Fsp3) is 0.133. The maximum absolute atomic E-state index is 12.8. The zero-order valence-corrected chi connectivity index (χ0v) is 12.9. The second-order valence-corrected chi connectivity index (χ2v) is 4.83. The van der Waals surface area contributed by atoms with E-state index in [1.165, 1.54) is 50.6 Å². The molecular weight excluding hydrogens is 343 g/mol. The number of hydrogen-bond donors (Lipinski definition) is 0. The van der Waals surface area contributed by atoms with E-state index in [9.17, 15) is 9.18 Å². The van der Waals surface area contributed by atoms with Crippen LogP contribution in [0.15, 0.2) is 40.9 Å². The summed E-state index contributed by atoms with van der Waals surface area (Å²) >= 11 is 3.32. The van der Waals surface area contributed by atoms with Crippen molar-refractivity contribution in [3.05, 3.63) is 52.3 Å². The number of methoxy groups -OCH3 is 2. The second kappa shape index (κ2) is 6.58. The van der Waals surface area contributed by atoms with Crippen molar-refractivity contribution in [3.63, 3.8) is 0 Å². The lowest BCUT2D eigenvalue weighted by molar-refractivity contribution is 0.0733. The van der Waals surface area contributed by atoms with Crippen LogP contribution >= 0.6 is 15.9 Å². The van der Waals surface area contributed by atoms with Gasteiger partial charge in [-0.2, -0.15) is 0 Å². The minimum atomic E-state index is -0.592. The molecule has 0 saturated carbocycles. The van der Waals surface area contributed by atoms with E-state index in [4.69, 9.17) is 14.2 Å². The van der Waals surface area contributed by atoms with Crippen LogP contribution in [0, 0.1) is 5.82 Å². The number of hydrogen-bond acceptors (Lipinski definition) is 4. The van der Waals surface area contributed by atoms with Crippen molar-refractivity contribution >= 4 is 21.9 Å². The highest BCUT2D eigenvalue weighted by Gasteiger charge is 2.16. The molecular formula is C15H12BrFO4. The van der Waals surface area contributed by atoms with Crippen molar-refractivity contribution in [1.29, 1.82) is 0 Å². The number of esters is 1. The molecule has 0 fully saturated rings. The Hall–Kier alpha value is -2.08. The standard InChI is InChI=1S/C15H12BrFO4/c1-19-12-7-9(8-13(20-2)14(12)16)15(18)21-11-5-3-10(17)4-6-11/h3-8H,1-2H3. The average Bonchev–Trinajstić information content (AvgIpc) is 2.49. The first-order valence-corrected chi connectivity index (χ1v) is 6.73.